The number of nitrogens with zero attached hydrogens (tertiary/aromatic N) is 2. The van der Waals surface area contributed by atoms with Gasteiger partial charge in [-0.2, -0.15) is 0 Å². The zero-order valence-electron chi connectivity index (χ0n) is 17.2. The van der Waals surface area contributed by atoms with Crippen molar-refractivity contribution < 1.29 is 4.74 Å². The fourth-order valence-corrected chi connectivity index (χ4v) is 5.45. The highest BCUT2D eigenvalue weighted by molar-refractivity contribution is 7.30. The molecule has 0 aromatic carbocycles. The van der Waals surface area contributed by atoms with Crippen molar-refractivity contribution in [1.29, 1.82) is 0 Å². The lowest BCUT2D eigenvalue weighted by Crippen LogP contribution is -1.95. The third kappa shape index (κ3) is 6.28. The van der Waals surface area contributed by atoms with Crippen LogP contribution >= 0.6 is 22.7 Å². The molecule has 0 saturated carbocycles. The lowest BCUT2D eigenvalue weighted by molar-refractivity contribution is 0.313. The summed E-state index contributed by atoms with van der Waals surface area (Å²) in [6.07, 6.45) is 16.9. The third-order valence-electron chi connectivity index (χ3n) is 5.01. The Morgan fingerprint density at radius 3 is 2.07 bits per heavy atom. The maximum atomic E-state index is 5.98. The van der Waals surface area contributed by atoms with Crippen molar-refractivity contribution in [2.45, 2.75) is 78.1 Å². The van der Waals surface area contributed by atoms with Gasteiger partial charge in [-0.1, -0.05) is 76.6 Å². The van der Waals surface area contributed by atoms with E-state index in [9.17, 15) is 0 Å². The molecule has 0 bridgehead atoms. The van der Waals surface area contributed by atoms with Gasteiger partial charge in [0.2, 0.25) is 0 Å². The van der Waals surface area contributed by atoms with E-state index in [4.69, 9.17) is 4.74 Å². The normalized spacial score (nSPS) is 11.4. The maximum absolute atomic E-state index is 5.98. The van der Waals surface area contributed by atoms with E-state index in [0.29, 0.717) is 0 Å². The molecule has 0 atom stereocenters. The minimum atomic E-state index is 0.822. The average Bonchev–Trinajstić information content (AvgIpc) is 3.28. The molecule has 0 aliphatic rings. The number of unbranched alkanes of at least 4 members (excludes halogenated alkanes) is 8. The molecule has 3 aromatic heterocycles. The predicted octanol–water partition coefficient (Wildman–Crippen LogP) is 7.89. The fraction of sp³-hybridized carbons (Fsp3) is 0.565. The highest BCUT2D eigenvalue weighted by Gasteiger charge is 2.11. The number of hydrogen-bond acceptors (Lipinski definition) is 5. The molecule has 0 saturated heterocycles. The summed E-state index contributed by atoms with van der Waals surface area (Å²) < 4.78 is 8.52. The molecule has 0 spiro atoms. The van der Waals surface area contributed by atoms with Crippen molar-refractivity contribution in [1.82, 2.24) is 9.97 Å². The van der Waals surface area contributed by atoms with Crippen molar-refractivity contribution in [3.05, 3.63) is 30.1 Å². The predicted molar refractivity (Wildman–Crippen MR) is 123 cm³/mol. The number of aryl methyl sites for hydroxylation is 1. The van der Waals surface area contributed by atoms with Gasteiger partial charge >= 0.3 is 0 Å². The molecule has 0 radical (unpaired) electrons. The summed E-state index contributed by atoms with van der Waals surface area (Å²) in [5.41, 5.74) is 1.18. The van der Waals surface area contributed by atoms with Crippen LogP contribution in [0.15, 0.2) is 24.5 Å². The number of hydrogen-bond donors (Lipinski definition) is 0. The second-order valence-electron chi connectivity index (χ2n) is 7.35. The van der Waals surface area contributed by atoms with Crippen molar-refractivity contribution in [3.63, 3.8) is 0 Å². The summed E-state index contributed by atoms with van der Waals surface area (Å²) in [6.45, 7) is 5.23. The van der Waals surface area contributed by atoms with Gasteiger partial charge in [-0.3, -0.25) is 0 Å². The summed E-state index contributed by atoms with van der Waals surface area (Å²) in [5, 5.41) is 1.04. The molecule has 3 rings (SSSR count). The first-order chi connectivity index (χ1) is 13.8. The smallest absolute Gasteiger partial charge is 0.175 e. The Morgan fingerprint density at radius 2 is 1.43 bits per heavy atom. The molecule has 0 N–H and O–H groups in total. The Bertz CT molecular complexity index is 791. The van der Waals surface area contributed by atoms with Crippen LogP contribution in [-0.4, -0.2) is 16.6 Å². The van der Waals surface area contributed by atoms with E-state index in [-0.39, 0.29) is 0 Å². The summed E-state index contributed by atoms with van der Waals surface area (Å²) >= 11 is 3.48. The Hall–Kier alpha value is -1.46. The van der Waals surface area contributed by atoms with E-state index in [1.807, 2.05) is 12.4 Å². The van der Waals surface area contributed by atoms with Gasteiger partial charge < -0.3 is 4.74 Å². The van der Waals surface area contributed by atoms with Gasteiger partial charge in [-0.05, 0) is 24.5 Å². The number of ether oxygens (including phenoxy) is 1. The Morgan fingerprint density at radius 1 is 0.786 bits per heavy atom. The van der Waals surface area contributed by atoms with E-state index >= 15 is 0 Å². The van der Waals surface area contributed by atoms with E-state index < -0.39 is 0 Å². The van der Waals surface area contributed by atoms with Crippen LogP contribution in [0.4, 0.5) is 0 Å². The molecule has 3 heterocycles. The first-order valence-corrected chi connectivity index (χ1v) is 12.4. The molecule has 3 aromatic rings. The van der Waals surface area contributed by atoms with Crippen LogP contribution in [0, 0.1) is 0 Å². The average molecular weight is 417 g/mol. The molecule has 0 aliphatic heterocycles. The molecular weight excluding hydrogens is 384 g/mol. The van der Waals surface area contributed by atoms with Gasteiger partial charge in [0.05, 0.1) is 11.5 Å². The standard InChI is InChI=1S/C23H32N2OS2/c1-3-5-6-7-8-9-10-11-12-13-26-22-15-20-19(28-22)14-21(27-20)23-24-16-18(4-2)17-25-23/h14-17H,3-13H2,1-2H3. The second-order valence-corrected chi connectivity index (χ2v) is 9.48. The van der Waals surface area contributed by atoms with E-state index in [0.717, 1.165) is 35.2 Å². The summed E-state index contributed by atoms with van der Waals surface area (Å²) in [4.78, 5) is 10.1. The van der Waals surface area contributed by atoms with Crippen LogP contribution in [-0.2, 0) is 6.42 Å². The van der Waals surface area contributed by atoms with Crippen molar-refractivity contribution in [2.24, 2.45) is 0 Å². The van der Waals surface area contributed by atoms with Crippen molar-refractivity contribution in [2.75, 3.05) is 6.61 Å². The lowest BCUT2D eigenvalue weighted by atomic mass is 10.1. The summed E-state index contributed by atoms with van der Waals surface area (Å²) in [6, 6.07) is 4.36. The van der Waals surface area contributed by atoms with E-state index in [1.165, 1.54) is 66.3 Å². The topological polar surface area (TPSA) is 35.0 Å². The monoisotopic (exact) mass is 416 g/mol. The van der Waals surface area contributed by atoms with Gasteiger partial charge in [-0.25, -0.2) is 9.97 Å². The van der Waals surface area contributed by atoms with Crippen LogP contribution in [0.1, 0.15) is 77.2 Å². The minimum absolute atomic E-state index is 0.822. The summed E-state index contributed by atoms with van der Waals surface area (Å²) in [7, 11) is 0. The molecule has 28 heavy (non-hydrogen) atoms. The number of thiophene rings is 2. The zero-order valence-corrected chi connectivity index (χ0v) is 18.8. The molecule has 5 heteroatoms. The lowest BCUT2D eigenvalue weighted by Gasteiger charge is -2.03. The Labute approximate surface area is 177 Å². The maximum Gasteiger partial charge on any atom is 0.175 e. The molecule has 0 fully saturated rings. The van der Waals surface area contributed by atoms with Crippen molar-refractivity contribution in [3.8, 4) is 15.8 Å². The van der Waals surface area contributed by atoms with Gasteiger partial charge in [-0.15, -0.1) is 11.3 Å². The van der Waals surface area contributed by atoms with Crippen LogP contribution in [0.3, 0.4) is 0 Å². The van der Waals surface area contributed by atoms with Crippen LogP contribution < -0.4 is 4.74 Å². The SMILES string of the molecule is CCCCCCCCCCCOc1cc2sc(-c3ncc(CC)cn3)cc2s1. The minimum Gasteiger partial charge on any atom is -0.484 e. The zero-order chi connectivity index (χ0) is 19.6. The van der Waals surface area contributed by atoms with Crippen molar-refractivity contribution >= 4 is 32.1 Å². The van der Waals surface area contributed by atoms with Crippen LogP contribution in [0.5, 0.6) is 5.06 Å². The van der Waals surface area contributed by atoms with E-state index in [2.05, 4.69) is 35.9 Å². The first-order valence-electron chi connectivity index (χ1n) is 10.8. The number of rotatable bonds is 13. The number of fused-ring (bicyclic) bond motifs is 1. The molecule has 0 aliphatic carbocycles. The molecule has 0 amide bonds. The van der Waals surface area contributed by atoms with Gasteiger partial charge in [0.1, 0.15) is 0 Å². The fourth-order valence-electron chi connectivity index (χ4n) is 3.25. The van der Waals surface area contributed by atoms with Crippen LogP contribution in [0.2, 0.25) is 0 Å². The largest absolute Gasteiger partial charge is 0.484 e. The van der Waals surface area contributed by atoms with Crippen LogP contribution in [0.25, 0.3) is 20.1 Å². The quantitative estimate of drug-likeness (QED) is 0.266. The first kappa shape index (κ1) is 21.3. The molecule has 0 unspecified atom stereocenters. The number of aromatic nitrogens is 2. The summed E-state index contributed by atoms with van der Waals surface area (Å²) in [5.74, 6) is 0.822. The molecular formula is C23H32N2OS2. The second kappa shape index (κ2) is 11.5. The van der Waals surface area contributed by atoms with Gasteiger partial charge in [0.15, 0.2) is 10.9 Å². The van der Waals surface area contributed by atoms with Gasteiger partial charge in [0.25, 0.3) is 0 Å². The Balaban J connectivity index is 1.38. The molecule has 3 nitrogen and oxygen atoms in total. The highest BCUT2D eigenvalue weighted by atomic mass is 32.1. The Kier molecular flexibility index (Phi) is 8.74. The third-order valence-corrected chi connectivity index (χ3v) is 7.21. The van der Waals surface area contributed by atoms with Gasteiger partial charge in [0, 0.05) is 27.9 Å². The van der Waals surface area contributed by atoms with E-state index in [1.54, 1.807) is 22.7 Å². The highest BCUT2D eigenvalue weighted by Crippen LogP contribution is 2.40. The molecule has 152 valence electrons.